The third-order valence-corrected chi connectivity index (χ3v) is 8.69. The average Bonchev–Trinajstić information content (AvgIpc) is 3.19. The number of carbonyl (C=O) groups excluding carboxylic acids is 2. The predicted octanol–water partition coefficient (Wildman–Crippen LogP) is 1.69. The van der Waals surface area contributed by atoms with E-state index in [1.54, 1.807) is 23.1 Å². The second kappa shape index (κ2) is 9.32. The Bertz CT molecular complexity index is 1310. The standard InChI is InChI=1S/C21H21ClN4O5S2/c1-2-33(30,31)13-7-9-25(18(28)11-13)12-17(27)24-21-23-15-8-10-26(20(29)19(15)32-21)16-6-4-3-5-14(16)22/h3-7,9,11,15,19H,2,8,10,12H2,1H3,(H,23,24,27). The number of rotatable bonds is 5. The number of sulfone groups is 1. The molecule has 2 atom stereocenters. The second-order valence-electron chi connectivity index (χ2n) is 7.55. The fourth-order valence-electron chi connectivity index (χ4n) is 3.67. The van der Waals surface area contributed by atoms with Crippen molar-refractivity contribution in [2.24, 2.45) is 4.99 Å². The van der Waals surface area contributed by atoms with Crippen molar-refractivity contribution in [3.8, 4) is 0 Å². The number of halogens is 1. The van der Waals surface area contributed by atoms with E-state index in [-0.39, 0.29) is 29.1 Å². The molecule has 0 bridgehead atoms. The van der Waals surface area contributed by atoms with Crippen molar-refractivity contribution in [3.63, 3.8) is 0 Å². The molecule has 12 heteroatoms. The summed E-state index contributed by atoms with van der Waals surface area (Å²) >= 11 is 7.42. The van der Waals surface area contributed by atoms with E-state index >= 15 is 0 Å². The Morgan fingerprint density at radius 1 is 1.27 bits per heavy atom. The zero-order chi connectivity index (χ0) is 23.8. The normalized spacial score (nSPS) is 20.4. The molecule has 9 nitrogen and oxygen atoms in total. The number of aliphatic imine (C=N–C) groups is 1. The molecule has 0 radical (unpaired) electrons. The van der Waals surface area contributed by atoms with Crippen molar-refractivity contribution in [2.45, 2.75) is 36.1 Å². The summed E-state index contributed by atoms with van der Waals surface area (Å²) < 4.78 is 24.9. The molecule has 2 aliphatic heterocycles. The predicted molar refractivity (Wildman–Crippen MR) is 128 cm³/mol. The number of amidine groups is 1. The van der Waals surface area contributed by atoms with E-state index in [1.165, 1.54) is 30.9 Å². The summed E-state index contributed by atoms with van der Waals surface area (Å²) in [4.78, 5) is 43.8. The van der Waals surface area contributed by atoms with Crippen LogP contribution in [-0.4, -0.2) is 53.6 Å². The molecule has 1 fully saturated rings. The highest BCUT2D eigenvalue weighted by molar-refractivity contribution is 8.15. The Morgan fingerprint density at radius 3 is 2.73 bits per heavy atom. The van der Waals surface area contributed by atoms with Crippen molar-refractivity contribution in [2.75, 3.05) is 17.2 Å². The van der Waals surface area contributed by atoms with Gasteiger partial charge in [0.25, 0.3) is 5.56 Å². The number of hydrogen-bond donors (Lipinski definition) is 1. The van der Waals surface area contributed by atoms with Crippen LogP contribution >= 0.6 is 23.4 Å². The minimum atomic E-state index is -3.51. The molecule has 2 unspecified atom stereocenters. The van der Waals surface area contributed by atoms with Crippen LogP contribution in [0.4, 0.5) is 5.69 Å². The molecule has 0 spiro atoms. The van der Waals surface area contributed by atoms with E-state index in [9.17, 15) is 22.8 Å². The quantitative estimate of drug-likeness (QED) is 0.656. The summed E-state index contributed by atoms with van der Waals surface area (Å²) in [5, 5.41) is 3.00. The Morgan fingerprint density at radius 2 is 2.03 bits per heavy atom. The highest BCUT2D eigenvalue weighted by Gasteiger charge is 2.43. The van der Waals surface area contributed by atoms with Gasteiger partial charge in [-0.2, -0.15) is 0 Å². The molecule has 4 rings (SSSR count). The largest absolute Gasteiger partial charge is 0.310 e. The summed E-state index contributed by atoms with van der Waals surface area (Å²) in [5.74, 6) is -0.743. The summed E-state index contributed by atoms with van der Waals surface area (Å²) in [6, 6.07) is 9.18. The van der Waals surface area contributed by atoms with E-state index < -0.39 is 26.6 Å². The summed E-state index contributed by atoms with van der Waals surface area (Å²) in [6.07, 6.45) is 1.90. The summed E-state index contributed by atoms with van der Waals surface area (Å²) in [6.45, 7) is 1.65. The van der Waals surface area contributed by atoms with Crippen molar-refractivity contribution in [1.29, 1.82) is 0 Å². The lowest BCUT2D eigenvalue weighted by Gasteiger charge is -2.33. The first-order valence-corrected chi connectivity index (χ1v) is 13.1. The number of hydrogen-bond acceptors (Lipinski definition) is 7. The molecule has 1 saturated heterocycles. The van der Waals surface area contributed by atoms with Crippen molar-refractivity contribution in [3.05, 3.63) is 58.0 Å². The lowest BCUT2D eigenvalue weighted by molar-refractivity contribution is -0.120. The first kappa shape index (κ1) is 23.5. The number of anilines is 1. The molecule has 1 aromatic carbocycles. The number of aromatic nitrogens is 1. The van der Waals surface area contributed by atoms with Crippen molar-refractivity contribution < 1.29 is 18.0 Å². The van der Waals surface area contributed by atoms with E-state index in [2.05, 4.69) is 10.3 Å². The summed E-state index contributed by atoms with van der Waals surface area (Å²) in [5.41, 5.74) is 0.0496. The number of pyridine rings is 1. The van der Waals surface area contributed by atoms with Crippen LogP contribution in [0.3, 0.4) is 0 Å². The Labute approximate surface area is 199 Å². The van der Waals surface area contributed by atoms with Gasteiger partial charge in [0, 0.05) is 18.8 Å². The molecular weight excluding hydrogens is 488 g/mol. The molecule has 0 aliphatic carbocycles. The van der Waals surface area contributed by atoms with Crippen LogP contribution < -0.4 is 15.8 Å². The van der Waals surface area contributed by atoms with Crippen LogP contribution in [0.25, 0.3) is 0 Å². The van der Waals surface area contributed by atoms with E-state index in [0.717, 1.165) is 10.6 Å². The highest BCUT2D eigenvalue weighted by atomic mass is 35.5. The number of nitrogens with one attached hydrogen (secondary N) is 1. The molecule has 3 heterocycles. The molecule has 1 aromatic heterocycles. The van der Waals surface area contributed by atoms with Crippen LogP contribution in [-0.2, 0) is 26.0 Å². The van der Waals surface area contributed by atoms with Crippen molar-refractivity contribution >= 4 is 55.9 Å². The van der Waals surface area contributed by atoms with E-state index in [1.807, 2.05) is 6.07 Å². The van der Waals surface area contributed by atoms with Gasteiger partial charge in [-0.25, -0.2) is 8.42 Å². The minimum Gasteiger partial charge on any atom is -0.310 e. The number of piperidine rings is 1. The monoisotopic (exact) mass is 508 g/mol. The smallest absolute Gasteiger partial charge is 0.252 e. The lowest BCUT2D eigenvalue weighted by Crippen LogP contribution is -2.48. The average molecular weight is 509 g/mol. The maximum atomic E-state index is 13.0. The number of nitrogens with zero attached hydrogens (tertiary/aromatic N) is 3. The van der Waals surface area contributed by atoms with Gasteiger partial charge in [-0.1, -0.05) is 42.4 Å². The van der Waals surface area contributed by atoms with Gasteiger partial charge < -0.3 is 14.8 Å². The van der Waals surface area contributed by atoms with Gasteiger partial charge in [-0.15, -0.1) is 0 Å². The fourth-order valence-corrected chi connectivity index (χ4v) is 5.98. The van der Waals surface area contributed by atoms with Gasteiger partial charge >= 0.3 is 0 Å². The van der Waals surface area contributed by atoms with Crippen LogP contribution in [0.15, 0.2) is 57.3 Å². The fraction of sp³-hybridized carbons (Fsp3) is 0.333. The number of thioether (sulfide) groups is 1. The maximum Gasteiger partial charge on any atom is 0.252 e. The molecule has 2 aromatic rings. The Hall–Kier alpha value is -2.63. The molecular formula is C21H21ClN4O5S2. The number of para-hydroxylation sites is 1. The van der Waals surface area contributed by atoms with Gasteiger partial charge in [0.1, 0.15) is 11.8 Å². The van der Waals surface area contributed by atoms with Crippen LogP contribution in [0.2, 0.25) is 5.02 Å². The van der Waals surface area contributed by atoms with Crippen LogP contribution in [0.5, 0.6) is 0 Å². The lowest BCUT2D eigenvalue weighted by atomic mass is 10.0. The Kier molecular flexibility index (Phi) is 6.64. The number of amides is 2. The van der Waals surface area contributed by atoms with Gasteiger partial charge in [-0.3, -0.25) is 19.4 Å². The molecule has 1 N–H and O–H groups in total. The third kappa shape index (κ3) is 4.85. The molecule has 174 valence electrons. The van der Waals surface area contributed by atoms with Gasteiger partial charge in [0.05, 0.1) is 27.4 Å². The molecule has 2 aliphatic rings. The molecule has 33 heavy (non-hydrogen) atoms. The highest BCUT2D eigenvalue weighted by Crippen LogP contribution is 2.36. The Balaban J connectivity index is 1.40. The minimum absolute atomic E-state index is 0.0759. The first-order chi connectivity index (χ1) is 15.7. The van der Waals surface area contributed by atoms with E-state index in [0.29, 0.717) is 28.8 Å². The number of carbonyl (C=O) groups is 2. The van der Waals surface area contributed by atoms with Gasteiger partial charge in [0.15, 0.2) is 15.0 Å². The molecule has 2 amide bonds. The molecule has 0 saturated carbocycles. The zero-order valence-electron chi connectivity index (χ0n) is 17.6. The zero-order valence-corrected chi connectivity index (χ0v) is 20.0. The van der Waals surface area contributed by atoms with Crippen LogP contribution in [0, 0.1) is 0 Å². The van der Waals surface area contributed by atoms with Gasteiger partial charge in [-0.05, 0) is 24.6 Å². The van der Waals surface area contributed by atoms with Gasteiger partial charge in [0.2, 0.25) is 11.8 Å². The van der Waals surface area contributed by atoms with E-state index in [4.69, 9.17) is 11.6 Å². The van der Waals surface area contributed by atoms with Crippen LogP contribution in [0.1, 0.15) is 13.3 Å². The summed E-state index contributed by atoms with van der Waals surface area (Å²) in [7, 11) is -3.51. The topological polar surface area (TPSA) is 118 Å². The SMILES string of the molecule is CCS(=O)(=O)c1ccn(CC(=O)NC2=NC3CCN(c4ccccc4Cl)C(=O)C3S2)c(=O)c1. The first-order valence-electron chi connectivity index (χ1n) is 10.2. The third-order valence-electron chi connectivity index (χ3n) is 5.44. The second-order valence-corrected chi connectivity index (χ2v) is 11.4. The van der Waals surface area contributed by atoms with Crippen molar-refractivity contribution in [1.82, 2.24) is 9.88 Å². The number of fused-ring (bicyclic) bond motifs is 1. The maximum absolute atomic E-state index is 13.0. The number of benzene rings is 1.